The monoisotopic (exact) mass is 356 g/mol. The summed E-state index contributed by atoms with van der Waals surface area (Å²) in [6.45, 7) is 2.41. The van der Waals surface area contributed by atoms with Gasteiger partial charge in [0.15, 0.2) is 0 Å². The molecule has 0 fully saturated rings. The highest BCUT2D eigenvalue weighted by atomic mass is 32.1. The molecule has 0 saturated carbocycles. The summed E-state index contributed by atoms with van der Waals surface area (Å²) in [6, 6.07) is 9.28. The smallest absolute Gasteiger partial charge is 0.308 e. The number of ether oxygens (including phenoxy) is 1. The van der Waals surface area contributed by atoms with Gasteiger partial charge in [-0.15, -0.1) is 0 Å². The Hall–Kier alpha value is -2.93. The second kappa shape index (κ2) is 7.76. The van der Waals surface area contributed by atoms with Gasteiger partial charge in [-0.2, -0.15) is 16.3 Å². The summed E-state index contributed by atoms with van der Waals surface area (Å²) < 4.78 is 10.9. The number of carboxylic acids is 1. The SMILES string of the molecule is CCOc1ccccc1/C=C(\CC(=O)O)c1nc(-c2ccsc2)no1. The zero-order chi connectivity index (χ0) is 17.6. The number of aliphatic carboxylic acids is 1. The molecule has 0 aliphatic carbocycles. The summed E-state index contributed by atoms with van der Waals surface area (Å²) in [4.78, 5) is 15.6. The van der Waals surface area contributed by atoms with E-state index >= 15 is 0 Å². The maximum Gasteiger partial charge on any atom is 0.308 e. The summed E-state index contributed by atoms with van der Waals surface area (Å²) in [6.07, 6.45) is 1.48. The number of hydrogen-bond acceptors (Lipinski definition) is 6. The van der Waals surface area contributed by atoms with Crippen molar-refractivity contribution in [1.29, 1.82) is 0 Å². The van der Waals surface area contributed by atoms with Crippen LogP contribution in [0.25, 0.3) is 23.0 Å². The normalized spacial score (nSPS) is 11.5. The first-order valence-electron chi connectivity index (χ1n) is 7.68. The average molecular weight is 356 g/mol. The molecule has 0 radical (unpaired) electrons. The summed E-state index contributed by atoms with van der Waals surface area (Å²) >= 11 is 1.53. The maximum absolute atomic E-state index is 11.3. The molecule has 0 unspecified atom stereocenters. The Bertz CT molecular complexity index is 884. The van der Waals surface area contributed by atoms with E-state index in [0.717, 1.165) is 11.1 Å². The van der Waals surface area contributed by atoms with Crippen molar-refractivity contribution in [1.82, 2.24) is 10.1 Å². The Morgan fingerprint density at radius 2 is 2.20 bits per heavy atom. The van der Waals surface area contributed by atoms with Gasteiger partial charge in [0.05, 0.1) is 13.0 Å². The van der Waals surface area contributed by atoms with E-state index in [4.69, 9.17) is 9.26 Å². The zero-order valence-electron chi connectivity index (χ0n) is 13.5. The van der Waals surface area contributed by atoms with Gasteiger partial charge in [-0.1, -0.05) is 23.4 Å². The standard InChI is InChI=1S/C18H16N2O4S/c1-2-23-15-6-4-3-5-12(15)9-14(10-16(21)22)18-19-17(20-24-18)13-7-8-25-11-13/h3-9,11H,2,10H2,1H3,(H,21,22)/b14-9+. The molecule has 0 spiro atoms. The quantitative estimate of drug-likeness (QED) is 0.682. The number of para-hydroxylation sites is 1. The second-order valence-corrected chi connectivity index (χ2v) is 5.93. The van der Waals surface area contributed by atoms with Crippen LogP contribution in [-0.4, -0.2) is 27.8 Å². The van der Waals surface area contributed by atoms with Crippen molar-refractivity contribution in [2.24, 2.45) is 0 Å². The van der Waals surface area contributed by atoms with Crippen LogP contribution < -0.4 is 4.74 Å². The molecule has 7 heteroatoms. The molecule has 0 aliphatic rings. The van der Waals surface area contributed by atoms with Crippen LogP contribution in [0.5, 0.6) is 5.75 Å². The molecule has 6 nitrogen and oxygen atoms in total. The number of nitrogens with zero attached hydrogens (tertiary/aromatic N) is 2. The van der Waals surface area contributed by atoms with Crippen molar-refractivity contribution in [3.8, 4) is 17.1 Å². The van der Waals surface area contributed by atoms with Gasteiger partial charge in [-0.05, 0) is 30.5 Å². The third-order valence-corrected chi connectivity index (χ3v) is 4.05. The molecule has 2 aromatic heterocycles. The lowest BCUT2D eigenvalue weighted by molar-refractivity contribution is -0.135. The Morgan fingerprint density at radius 3 is 2.92 bits per heavy atom. The van der Waals surface area contributed by atoms with E-state index in [1.54, 1.807) is 6.08 Å². The van der Waals surface area contributed by atoms with Crippen molar-refractivity contribution in [3.63, 3.8) is 0 Å². The third-order valence-electron chi connectivity index (χ3n) is 3.37. The van der Waals surface area contributed by atoms with Crippen molar-refractivity contribution in [3.05, 3.63) is 52.5 Å². The third kappa shape index (κ3) is 4.13. The molecule has 2 heterocycles. The van der Waals surface area contributed by atoms with Crippen molar-refractivity contribution in [2.45, 2.75) is 13.3 Å². The molecular formula is C18H16N2O4S. The number of hydrogen-bond donors (Lipinski definition) is 1. The van der Waals surface area contributed by atoms with Crippen LogP contribution >= 0.6 is 11.3 Å². The number of aromatic nitrogens is 2. The first-order valence-corrected chi connectivity index (χ1v) is 8.62. The summed E-state index contributed by atoms with van der Waals surface area (Å²) in [5.41, 5.74) is 2.02. The summed E-state index contributed by atoms with van der Waals surface area (Å²) in [5.74, 6) is 0.321. The van der Waals surface area contributed by atoms with E-state index in [1.807, 2.05) is 48.0 Å². The molecule has 3 aromatic rings. The Balaban J connectivity index is 1.99. The minimum absolute atomic E-state index is 0.190. The molecule has 0 atom stereocenters. The van der Waals surface area contributed by atoms with Crippen LogP contribution in [0, 0.1) is 0 Å². The topological polar surface area (TPSA) is 85.5 Å². The Kier molecular flexibility index (Phi) is 5.25. The predicted molar refractivity (Wildman–Crippen MR) is 95.3 cm³/mol. The lowest BCUT2D eigenvalue weighted by Gasteiger charge is -2.07. The van der Waals surface area contributed by atoms with E-state index in [0.29, 0.717) is 23.8 Å². The van der Waals surface area contributed by atoms with Gasteiger partial charge in [-0.3, -0.25) is 4.79 Å². The van der Waals surface area contributed by atoms with Gasteiger partial charge in [0.25, 0.3) is 5.89 Å². The fourth-order valence-electron chi connectivity index (χ4n) is 2.29. The van der Waals surface area contributed by atoms with Crippen LogP contribution in [0.1, 0.15) is 24.8 Å². The Labute approximate surface area is 148 Å². The molecule has 3 rings (SSSR count). The molecule has 1 aromatic carbocycles. The van der Waals surface area contributed by atoms with E-state index in [9.17, 15) is 9.90 Å². The molecule has 25 heavy (non-hydrogen) atoms. The number of carbonyl (C=O) groups is 1. The largest absolute Gasteiger partial charge is 0.493 e. The van der Waals surface area contributed by atoms with E-state index in [2.05, 4.69) is 10.1 Å². The number of thiophene rings is 1. The minimum Gasteiger partial charge on any atom is -0.493 e. The van der Waals surface area contributed by atoms with Crippen LogP contribution in [0.3, 0.4) is 0 Å². The highest BCUT2D eigenvalue weighted by Gasteiger charge is 2.17. The van der Waals surface area contributed by atoms with Crippen LogP contribution in [0.4, 0.5) is 0 Å². The van der Waals surface area contributed by atoms with Crippen LogP contribution in [0.15, 0.2) is 45.6 Å². The molecule has 0 aliphatic heterocycles. The average Bonchev–Trinajstić information content (AvgIpc) is 3.27. The molecule has 0 amide bonds. The van der Waals surface area contributed by atoms with E-state index < -0.39 is 5.97 Å². The predicted octanol–water partition coefficient (Wildman–Crippen LogP) is 4.21. The van der Waals surface area contributed by atoms with Crippen LogP contribution in [0.2, 0.25) is 0 Å². The van der Waals surface area contributed by atoms with Crippen molar-refractivity contribution in [2.75, 3.05) is 6.61 Å². The van der Waals surface area contributed by atoms with E-state index in [1.165, 1.54) is 11.3 Å². The van der Waals surface area contributed by atoms with Gasteiger partial charge >= 0.3 is 5.97 Å². The summed E-state index contributed by atoms with van der Waals surface area (Å²) in [7, 11) is 0. The molecule has 0 saturated heterocycles. The number of benzene rings is 1. The Morgan fingerprint density at radius 1 is 1.36 bits per heavy atom. The second-order valence-electron chi connectivity index (χ2n) is 5.15. The highest BCUT2D eigenvalue weighted by Crippen LogP contribution is 2.28. The van der Waals surface area contributed by atoms with Crippen molar-refractivity contribution >= 4 is 29.0 Å². The van der Waals surface area contributed by atoms with Gasteiger partial charge in [0.2, 0.25) is 5.82 Å². The molecule has 128 valence electrons. The van der Waals surface area contributed by atoms with Crippen molar-refractivity contribution < 1.29 is 19.2 Å². The molecule has 0 bridgehead atoms. The fourth-order valence-corrected chi connectivity index (χ4v) is 2.92. The highest BCUT2D eigenvalue weighted by molar-refractivity contribution is 7.08. The van der Waals surface area contributed by atoms with Gasteiger partial charge in [-0.25, -0.2) is 0 Å². The zero-order valence-corrected chi connectivity index (χ0v) is 14.3. The molecular weight excluding hydrogens is 340 g/mol. The fraction of sp³-hybridized carbons (Fsp3) is 0.167. The van der Waals surface area contributed by atoms with Gasteiger partial charge in [0.1, 0.15) is 5.75 Å². The minimum atomic E-state index is -0.976. The van der Waals surface area contributed by atoms with Gasteiger partial charge in [0, 0.05) is 22.1 Å². The number of carboxylic acid groups (broad SMARTS) is 1. The first-order chi connectivity index (χ1) is 12.2. The molecule has 1 N–H and O–H groups in total. The number of rotatable bonds is 7. The lowest BCUT2D eigenvalue weighted by Crippen LogP contribution is -1.99. The maximum atomic E-state index is 11.3. The lowest BCUT2D eigenvalue weighted by atomic mass is 10.1. The summed E-state index contributed by atoms with van der Waals surface area (Å²) in [5, 5.41) is 17.0. The van der Waals surface area contributed by atoms with E-state index in [-0.39, 0.29) is 12.3 Å². The van der Waals surface area contributed by atoms with Gasteiger partial charge < -0.3 is 14.4 Å². The first kappa shape index (κ1) is 16.9. The van der Waals surface area contributed by atoms with Crippen LogP contribution in [-0.2, 0) is 4.79 Å².